The maximum atomic E-state index is 11.9. The Morgan fingerprint density at radius 3 is 2.90 bits per heavy atom. The third-order valence-corrected chi connectivity index (χ3v) is 4.38. The van der Waals surface area contributed by atoms with E-state index in [9.17, 15) is 9.59 Å². The number of nitrogens with zero attached hydrogens (tertiary/aromatic N) is 1. The van der Waals surface area contributed by atoms with Gasteiger partial charge in [0.2, 0.25) is 0 Å². The minimum absolute atomic E-state index is 0.0564. The van der Waals surface area contributed by atoms with Crippen molar-refractivity contribution in [1.82, 2.24) is 4.57 Å². The molecule has 0 spiro atoms. The van der Waals surface area contributed by atoms with Gasteiger partial charge in [-0.3, -0.25) is 9.36 Å². The molecule has 20 heavy (non-hydrogen) atoms. The quantitative estimate of drug-likeness (QED) is 0.768. The van der Waals surface area contributed by atoms with Crippen LogP contribution in [-0.4, -0.2) is 17.1 Å². The number of hydrogen-bond acceptors (Lipinski definition) is 4. The number of carbonyl (C=O) groups is 1. The van der Waals surface area contributed by atoms with Crippen LogP contribution in [0.3, 0.4) is 0 Å². The largest absolute Gasteiger partial charge is 0.460 e. The Kier molecular flexibility index (Phi) is 5.01. The molecule has 0 N–H and O–H groups in total. The molecule has 7 heteroatoms. The predicted octanol–water partition coefficient (Wildman–Crippen LogP) is 3.49. The molecule has 1 aromatic heterocycles. The Balaban J connectivity index is 1.99. The molecule has 0 amide bonds. The molecule has 0 saturated heterocycles. The van der Waals surface area contributed by atoms with Crippen LogP contribution in [0.4, 0.5) is 0 Å². The fraction of sp³-hybridized carbons (Fsp3) is 0.231. The zero-order chi connectivity index (χ0) is 14.7. The SMILES string of the molecule is Cc1csc(=O)n1CCOC(=O)c1cc(Br)ccc1Cl. The second-order valence-electron chi connectivity index (χ2n) is 4.05. The van der Waals surface area contributed by atoms with Crippen molar-refractivity contribution in [2.24, 2.45) is 0 Å². The van der Waals surface area contributed by atoms with E-state index in [1.807, 2.05) is 6.92 Å². The molecule has 106 valence electrons. The van der Waals surface area contributed by atoms with Crippen molar-refractivity contribution in [3.63, 3.8) is 0 Å². The lowest BCUT2D eigenvalue weighted by Crippen LogP contribution is -2.19. The molecule has 0 saturated carbocycles. The van der Waals surface area contributed by atoms with Gasteiger partial charge in [0.25, 0.3) is 0 Å². The minimum Gasteiger partial charge on any atom is -0.460 e. The number of rotatable bonds is 4. The molecule has 2 aromatic rings. The lowest BCUT2D eigenvalue weighted by Gasteiger charge is -2.08. The summed E-state index contributed by atoms with van der Waals surface area (Å²) in [6, 6.07) is 4.97. The third-order valence-electron chi connectivity index (χ3n) is 2.67. The van der Waals surface area contributed by atoms with Crippen molar-refractivity contribution < 1.29 is 9.53 Å². The van der Waals surface area contributed by atoms with Gasteiger partial charge in [-0.05, 0) is 25.1 Å². The number of thiazole rings is 1. The van der Waals surface area contributed by atoms with Gasteiger partial charge < -0.3 is 4.74 Å². The van der Waals surface area contributed by atoms with Crippen LogP contribution < -0.4 is 4.87 Å². The molecule has 1 aromatic carbocycles. The molecule has 1 heterocycles. The second-order valence-corrected chi connectivity index (χ2v) is 6.20. The number of carbonyl (C=O) groups excluding carboxylic acids is 1. The van der Waals surface area contributed by atoms with Gasteiger partial charge in [-0.2, -0.15) is 0 Å². The lowest BCUT2D eigenvalue weighted by atomic mass is 10.2. The summed E-state index contributed by atoms with van der Waals surface area (Å²) < 4.78 is 7.47. The van der Waals surface area contributed by atoms with Crippen molar-refractivity contribution in [1.29, 1.82) is 0 Å². The smallest absolute Gasteiger partial charge is 0.339 e. The highest BCUT2D eigenvalue weighted by Crippen LogP contribution is 2.21. The normalized spacial score (nSPS) is 10.6. The van der Waals surface area contributed by atoms with Crippen LogP contribution in [0.15, 0.2) is 32.8 Å². The van der Waals surface area contributed by atoms with E-state index < -0.39 is 5.97 Å². The van der Waals surface area contributed by atoms with Crippen molar-refractivity contribution in [2.75, 3.05) is 6.61 Å². The summed E-state index contributed by atoms with van der Waals surface area (Å²) >= 11 is 10.3. The molecule has 0 fully saturated rings. The minimum atomic E-state index is -0.503. The summed E-state index contributed by atoms with van der Waals surface area (Å²) in [6.07, 6.45) is 0. The number of halogens is 2. The van der Waals surface area contributed by atoms with E-state index in [-0.39, 0.29) is 11.5 Å². The Morgan fingerprint density at radius 1 is 1.50 bits per heavy atom. The van der Waals surface area contributed by atoms with Gasteiger partial charge >= 0.3 is 10.8 Å². The van der Waals surface area contributed by atoms with Crippen LogP contribution in [0, 0.1) is 6.92 Å². The first-order valence-corrected chi connectivity index (χ1v) is 7.81. The van der Waals surface area contributed by atoms with Crippen molar-refractivity contribution in [3.8, 4) is 0 Å². The van der Waals surface area contributed by atoms with Gasteiger partial charge in [0, 0.05) is 15.5 Å². The fourth-order valence-electron chi connectivity index (χ4n) is 1.64. The monoisotopic (exact) mass is 375 g/mol. The summed E-state index contributed by atoms with van der Waals surface area (Å²) in [4.78, 5) is 23.3. The first-order chi connectivity index (χ1) is 9.49. The molecule has 2 rings (SSSR count). The summed E-state index contributed by atoms with van der Waals surface area (Å²) in [5, 5.41) is 2.11. The highest BCUT2D eigenvalue weighted by Gasteiger charge is 2.12. The Labute approximate surface area is 133 Å². The van der Waals surface area contributed by atoms with E-state index in [0.29, 0.717) is 17.1 Å². The maximum Gasteiger partial charge on any atom is 0.339 e. The van der Waals surface area contributed by atoms with Crippen LogP contribution in [0.2, 0.25) is 5.02 Å². The van der Waals surface area contributed by atoms with Crippen LogP contribution >= 0.6 is 38.9 Å². The van der Waals surface area contributed by atoms with Crippen molar-refractivity contribution >= 4 is 44.8 Å². The number of esters is 1. The van der Waals surface area contributed by atoms with Crippen molar-refractivity contribution in [2.45, 2.75) is 13.5 Å². The van der Waals surface area contributed by atoms with E-state index >= 15 is 0 Å². The third kappa shape index (κ3) is 3.50. The summed E-state index contributed by atoms with van der Waals surface area (Å²) in [5.74, 6) is -0.503. The summed E-state index contributed by atoms with van der Waals surface area (Å²) in [6.45, 7) is 2.30. The maximum absolute atomic E-state index is 11.9. The van der Waals surface area contributed by atoms with Gasteiger partial charge in [-0.1, -0.05) is 38.9 Å². The molecule has 0 aliphatic carbocycles. The molecule has 4 nitrogen and oxygen atoms in total. The zero-order valence-electron chi connectivity index (χ0n) is 10.6. The molecular formula is C13H11BrClNO3S. The van der Waals surface area contributed by atoms with Crippen LogP contribution in [0.1, 0.15) is 16.1 Å². The Morgan fingerprint density at radius 2 is 2.25 bits per heavy atom. The van der Waals surface area contributed by atoms with Crippen LogP contribution in [0.25, 0.3) is 0 Å². The van der Waals surface area contributed by atoms with E-state index in [1.54, 1.807) is 28.1 Å². The summed E-state index contributed by atoms with van der Waals surface area (Å²) in [7, 11) is 0. The van der Waals surface area contributed by atoms with Gasteiger partial charge in [-0.25, -0.2) is 4.79 Å². The number of benzene rings is 1. The van der Waals surface area contributed by atoms with Crippen molar-refractivity contribution in [3.05, 3.63) is 54.0 Å². The highest BCUT2D eigenvalue weighted by molar-refractivity contribution is 9.10. The van der Waals surface area contributed by atoms with E-state index in [1.165, 1.54) is 0 Å². The molecule has 0 aliphatic rings. The van der Waals surface area contributed by atoms with E-state index in [0.717, 1.165) is 21.5 Å². The first-order valence-electron chi connectivity index (χ1n) is 5.76. The van der Waals surface area contributed by atoms with Gasteiger partial charge in [0.05, 0.1) is 17.1 Å². The standard InChI is InChI=1S/C13H11BrClNO3S/c1-8-7-20-13(18)16(8)4-5-19-12(17)10-6-9(14)2-3-11(10)15/h2-3,6-7H,4-5H2,1H3. The molecule has 0 unspecified atom stereocenters. The van der Waals surface area contributed by atoms with E-state index in [4.69, 9.17) is 16.3 Å². The van der Waals surface area contributed by atoms with Crippen LogP contribution in [0.5, 0.6) is 0 Å². The van der Waals surface area contributed by atoms with Gasteiger partial charge in [0.1, 0.15) is 6.61 Å². The zero-order valence-corrected chi connectivity index (χ0v) is 13.7. The number of aryl methyl sites for hydroxylation is 1. The molecule has 0 radical (unpaired) electrons. The number of aromatic nitrogens is 1. The molecule has 0 atom stereocenters. The predicted molar refractivity (Wildman–Crippen MR) is 82.8 cm³/mol. The first kappa shape index (κ1) is 15.3. The Hall–Kier alpha value is -1.11. The number of hydrogen-bond donors (Lipinski definition) is 0. The van der Waals surface area contributed by atoms with E-state index in [2.05, 4.69) is 15.9 Å². The summed E-state index contributed by atoms with van der Waals surface area (Å²) in [5.41, 5.74) is 1.16. The average molecular weight is 377 g/mol. The van der Waals surface area contributed by atoms with Crippen LogP contribution in [-0.2, 0) is 11.3 Å². The van der Waals surface area contributed by atoms with Gasteiger partial charge in [-0.15, -0.1) is 0 Å². The second kappa shape index (κ2) is 6.56. The molecular weight excluding hydrogens is 366 g/mol. The Bertz CT molecular complexity index is 695. The number of ether oxygens (including phenoxy) is 1. The fourth-order valence-corrected chi connectivity index (χ4v) is 2.95. The molecule has 0 aliphatic heterocycles. The lowest BCUT2D eigenvalue weighted by molar-refractivity contribution is 0.0490. The van der Waals surface area contributed by atoms with Gasteiger partial charge in [0.15, 0.2) is 0 Å². The topological polar surface area (TPSA) is 48.3 Å². The highest BCUT2D eigenvalue weighted by atomic mass is 79.9. The average Bonchev–Trinajstić information content (AvgIpc) is 2.73. The molecule has 0 bridgehead atoms.